The van der Waals surface area contributed by atoms with Crippen molar-refractivity contribution in [2.45, 2.75) is 25.3 Å². The SMILES string of the molecule is Cc1cc(C(=O)NC2(CCl)CC2)ccc1Br. The first-order chi connectivity index (χ1) is 7.56. The molecule has 0 saturated heterocycles. The Kier molecular flexibility index (Phi) is 3.27. The topological polar surface area (TPSA) is 29.1 Å². The van der Waals surface area contributed by atoms with Gasteiger partial charge in [-0.15, -0.1) is 11.6 Å². The average molecular weight is 303 g/mol. The molecule has 1 aliphatic rings. The van der Waals surface area contributed by atoms with Gasteiger partial charge in [0.2, 0.25) is 0 Å². The lowest BCUT2D eigenvalue weighted by Crippen LogP contribution is -2.38. The molecule has 1 aliphatic carbocycles. The van der Waals surface area contributed by atoms with Gasteiger partial charge in [-0.3, -0.25) is 4.79 Å². The molecule has 0 aromatic heterocycles. The van der Waals surface area contributed by atoms with Crippen LogP contribution in [-0.2, 0) is 0 Å². The van der Waals surface area contributed by atoms with Crippen molar-refractivity contribution < 1.29 is 4.79 Å². The summed E-state index contributed by atoms with van der Waals surface area (Å²) in [5.74, 6) is 0.461. The second kappa shape index (κ2) is 4.38. The van der Waals surface area contributed by atoms with E-state index in [0.29, 0.717) is 11.4 Å². The van der Waals surface area contributed by atoms with Gasteiger partial charge in [-0.25, -0.2) is 0 Å². The van der Waals surface area contributed by atoms with Crippen LogP contribution in [0, 0.1) is 6.92 Å². The predicted molar refractivity (Wildman–Crippen MR) is 69.0 cm³/mol. The molecule has 1 fully saturated rings. The molecule has 2 rings (SSSR count). The Labute approximate surface area is 108 Å². The minimum Gasteiger partial charge on any atom is -0.345 e. The van der Waals surface area contributed by atoms with Gasteiger partial charge in [0.25, 0.3) is 5.91 Å². The van der Waals surface area contributed by atoms with Crippen molar-refractivity contribution in [3.05, 3.63) is 33.8 Å². The Morgan fingerprint density at radius 1 is 1.56 bits per heavy atom. The summed E-state index contributed by atoms with van der Waals surface area (Å²) in [7, 11) is 0. The lowest BCUT2D eigenvalue weighted by Gasteiger charge is -2.14. The zero-order chi connectivity index (χ0) is 11.8. The molecular formula is C12H13BrClNO. The van der Waals surface area contributed by atoms with E-state index in [2.05, 4.69) is 21.2 Å². The van der Waals surface area contributed by atoms with Gasteiger partial charge in [0.1, 0.15) is 0 Å². The highest BCUT2D eigenvalue weighted by Crippen LogP contribution is 2.36. The minimum atomic E-state index is -0.139. The van der Waals surface area contributed by atoms with E-state index in [4.69, 9.17) is 11.6 Å². The Bertz CT molecular complexity index is 429. The van der Waals surface area contributed by atoms with Gasteiger partial charge in [-0.05, 0) is 43.5 Å². The van der Waals surface area contributed by atoms with Crippen molar-refractivity contribution in [1.29, 1.82) is 0 Å². The van der Waals surface area contributed by atoms with Crippen LogP contribution in [0.4, 0.5) is 0 Å². The van der Waals surface area contributed by atoms with Crippen molar-refractivity contribution in [3.8, 4) is 0 Å². The Hall–Kier alpha value is -0.540. The molecule has 86 valence electrons. The number of carbonyl (C=O) groups is 1. The molecule has 1 aromatic rings. The summed E-state index contributed by atoms with van der Waals surface area (Å²) in [6.45, 7) is 1.97. The third kappa shape index (κ3) is 2.41. The minimum absolute atomic E-state index is 0.0336. The first-order valence-electron chi connectivity index (χ1n) is 5.21. The standard InChI is InChI=1S/C12H13BrClNO/c1-8-6-9(2-3-10(8)13)11(16)15-12(7-14)4-5-12/h2-3,6H,4-5,7H2,1H3,(H,15,16). The molecule has 0 bridgehead atoms. The first kappa shape index (κ1) is 11.9. The molecule has 0 heterocycles. The maximum Gasteiger partial charge on any atom is 0.251 e. The van der Waals surface area contributed by atoms with Gasteiger partial charge in [0.15, 0.2) is 0 Å². The summed E-state index contributed by atoms with van der Waals surface area (Å²) in [5, 5.41) is 2.99. The summed E-state index contributed by atoms with van der Waals surface area (Å²) < 4.78 is 1.02. The highest BCUT2D eigenvalue weighted by molar-refractivity contribution is 9.10. The largest absolute Gasteiger partial charge is 0.345 e. The van der Waals surface area contributed by atoms with Crippen LogP contribution in [0.5, 0.6) is 0 Å². The van der Waals surface area contributed by atoms with E-state index < -0.39 is 0 Å². The number of rotatable bonds is 3. The summed E-state index contributed by atoms with van der Waals surface area (Å²) in [6, 6.07) is 5.59. The summed E-state index contributed by atoms with van der Waals surface area (Å²) in [4.78, 5) is 11.9. The maximum atomic E-state index is 11.9. The molecule has 1 N–H and O–H groups in total. The molecule has 2 nitrogen and oxygen atoms in total. The maximum absolute atomic E-state index is 11.9. The van der Waals surface area contributed by atoms with Crippen LogP contribution in [0.2, 0.25) is 0 Å². The van der Waals surface area contributed by atoms with Crippen molar-refractivity contribution in [3.63, 3.8) is 0 Å². The second-order valence-electron chi connectivity index (χ2n) is 4.33. The highest BCUT2D eigenvalue weighted by Gasteiger charge is 2.43. The molecule has 1 amide bonds. The molecule has 16 heavy (non-hydrogen) atoms. The number of hydrogen-bond donors (Lipinski definition) is 1. The van der Waals surface area contributed by atoms with Crippen molar-refractivity contribution in [2.24, 2.45) is 0 Å². The van der Waals surface area contributed by atoms with Gasteiger partial charge in [-0.1, -0.05) is 15.9 Å². The lowest BCUT2D eigenvalue weighted by atomic mass is 10.1. The fourth-order valence-electron chi connectivity index (χ4n) is 1.54. The van der Waals surface area contributed by atoms with Crippen LogP contribution in [0.1, 0.15) is 28.8 Å². The zero-order valence-corrected chi connectivity index (χ0v) is 11.4. The van der Waals surface area contributed by atoms with E-state index in [1.54, 1.807) is 0 Å². The molecule has 1 saturated carbocycles. The summed E-state index contributed by atoms with van der Waals surface area (Å²) in [6.07, 6.45) is 1.97. The molecule has 4 heteroatoms. The number of nitrogens with one attached hydrogen (secondary N) is 1. The first-order valence-corrected chi connectivity index (χ1v) is 6.54. The number of carbonyl (C=O) groups excluding carboxylic acids is 1. The van der Waals surface area contributed by atoms with Gasteiger partial charge in [-0.2, -0.15) is 0 Å². The number of alkyl halides is 1. The quantitative estimate of drug-likeness (QED) is 0.853. The third-order valence-electron chi connectivity index (χ3n) is 2.91. The molecule has 0 unspecified atom stereocenters. The van der Waals surface area contributed by atoms with Crippen LogP contribution in [0.25, 0.3) is 0 Å². The number of benzene rings is 1. The van der Waals surface area contributed by atoms with Gasteiger partial charge >= 0.3 is 0 Å². The van der Waals surface area contributed by atoms with Crippen molar-refractivity contribution >= 4 is 33.4 Å². The van der Waals surface area contributed by atoms with E-state index in [0.717, 1.165) is 22.9 Å². The monoisotopic (exact) mass is 301 g/mol. The second-order valence-corrected chi connectivity index (χ2v) is 5.45. The Morgan fingerprint density at radius 2 is 2.25 bits per heavy atom. The van der Waals surface area contributed by atoms with E-state index in [9.17, 15) is 4.79 Å². The number of aryl methyl sites for hydroxylation is 1. The van der Waals surface area contributed by atoms with E-state index in [-0.39, 0.29) is 11.4 Å². The van der Waals surface area contributed by atoms with Crippen LogP contribution < -0.4 is 5.32 Å². The Morgan fingerprint density at radius 3 is 2.75 bits per heavy atom. The molecule has 0 radical (unpaired) electrons. The van der Waals surface area contributed by atoms with Crippen LogP contribution in [-0.4, -0.2) is 17.3 Å². The van der Waals surface area contributed by atoms with Crippen LogP contribution in [0.15, 0.2) is 22.7 Å². The smallest absolute Gasteiger partial charge is 0.251 e. The zero-order valence-electron chi connectivity index (χ0n) is 9.02. The van der Waals surface area contributed by atoms with Crippen LogP contribution in [0.3, 0.4) is 0 Å². The molecular weight excluding hydrogens is 289 g/mol. The molecule has 0 aliphatic heterocycles. The van der Waals surface area contributed by atoms with E-state index in [1.165, 1.54) is 0 Å². The fourth-order valence-corrected chi connectivity index (χ4v) is 2.12. The van der Waals surface area contributed by atoms with E-state index in [1.807, 2.05) is 25.1 Å². The summed E-state index contributed by atoms with van der Waals surface area (Å²) >= 11 is 9.23. The highest BCUT2D eigenvalue weighted by atomic mass is 79.9. The van der Waals surface area contributed by atoms with E-state index >= 15 is 0 Å². The van der Waals surface area contributed by atoms with Crippen molar-refractivity contribution in [2.75, 3.05) is 5.88 Å². The number of hydrogen-bond acceptors (Lipinski definition) is 1. The van der Waals surface area contributed by atoms with Gasteiger partial charge in [0.05, 0.1) is 5.54 Å². The number of halogens is 2. The third-order valence-corrected chi connectivity index (χ3v) is 4.31. The molecule has 0 atom stereocenters. The number of amides is 1. The fraction of sp³-hybridized carbons (Fsp3) is 0.417. The average Bonchev–Trinajstić information content (AvgIpc) is 3.02. The van der Waals surface area contributed by atoms with Gasteiger partial charge in [0, 0.05) is 15.9 Å². The molecule has 0 spiro atoms. The van der Waals surface area contributed by atoms with Crippen LogP contribution >= 0.6 is 27.5 Å². The van der Waals surface area contributed by atoms with Crippen molar-refractivity contribution in [1.82, 2.24) is 5.32 Å². The predicted octanol–water partition coefficient (Wildman–Crippen LogP) is 3.26. The summed E-state index contributed by atoms with van der Waals surface area (Å²) in [5.41, 5.74) is 1.61. The van der Waals surface area contributed by atoms with Gasteiger partial charge < -0.3 is 5.32 Å². The molecule has 1 aromatic carbocycles. The normalized spacial score (nSPS) is 16.9. The Balaban J connectivity index is 2.12. The lowest BCUT2D eigenvalue weighted by molar-refractivity contribution is 0.0936.